The van der Waals surface area contributed by atoms with E-state index in [1.807, 2.05) is 32.2 Å². The molecule has 3 heteroatoms. The fourth-order valence-corrected chi connectivity index (χ4v) is 2.72. The number of carbonyl (C=O) groups excluding carboxylic acids is 1. The van der Waals surface area contributed by atoms with E-state index < -0.39 is 0 Å². The van der Waals surface area contributed by atoms with Gasteiger partial charge in [0.1, 0.15) is 0 Å². The van der Waals surface area contributed by atoms with Crippen molar-refractivity contribution < 1.29 is 4.79 Å². The van der Waals surface area contributed by atoms with Crippen LogP contribution in [0.25, 0.3) is 0 Å². The molecule has 1 aromatic rings. The number of aryl methyl sites for hydroxylation is 1. The number of likely N-dealkylation sites (N-methyl/N-ethyl adjacent to an activating group) is 1. The Bertz CT molecular complexity index is 436. The third kappa shape index (κ3) is 2.27. The van der Waals surface area contributed by atoms with Gasteiger partial charge in [-0.05, 0) is 50.4 Å². The monoisotopic (exact) mass is 246 g/mol. The summed E-state index contributed by atoms with van der Waals surface area (Å²) >= 11 is 0. The van der Waals surface area contributed by atoms with E-state index in [-0.39, 0.29) is 11.4 Å². The van der Waals surface area contributed by atoms with Gasteiger partial charge in [0.2, 0.25) is 5.91 Å². The molecule has 0 bridgehead atoms. The van der Waals surface area contributed by atoms with Crippen LogP contribution in [0.3, 0.4) is 0 Å². The first-order valence-electron chi connectivity index (χ1n) is 6.69. The molecule has 0 aromatic heterocycles. The van der Waals surface area contributed by atoms with E-state index in [4.69, 9.17) is 0 Å². The quantitative estimate of drug-likeness (QED) is 0.888. The molecule has 1 N–H and O–H groups in total. The van der Waals surface area contributed by atoms with Gasteiger partial charge in [0.15, 0.2) is 0 Å². The molecule has 1 aliphatic rings. The molecule has 0 aliphatic carbocycles. The Morgan fingerprint density at radius 3 is 2.83 bits per heavy atom. The van der Waals surface area contributed by atoms with Crippen molar-refractivity contribution in [3.05, 3.63) is 29.8 Å². The van der Waals surface area contributed by atoms with Crippen molar-refractivity contribution in [2.75, 3.05) is 18.5 Å². The number of anilines is 1. The van der Waals surface area contributed by atoms with Crippen LogP contribution in [0.1, 0.15) is 31.7 Å². The molecule has 0 saturated carbocycles. The average Bonchev–Trinajstić information content (AvgIpc) is 2.87. The van der Waals surface area contributed by atoms with Crippen molar-refractivity contribution >= 4 is 11.6 Å². The van der Waals surface area contributed by atoms with Gasteiger partial charge in [-0.3, -0.25) is 4.79 Å². The minimum absolute atomic E-state index is 0.188. The van der Waals surface area contributed by atoms with Crippen molar-refractivity contribution in [2.45, 2.75) is 38.6 Å². The van der Waals surface area contributed by atoms with Crippen LogP contribution in [0.2, 0.25) is 0 Å². The number of rotatable bonds is 3. The van der Waals surface area contributed by atoms with E-state index >= 15 is 0 Å². The molecule has 1 aromatic carbocycles. The van der Waals surface area contributed by atoms with Crippen LogP contribution < -0.4 is 10.2 Å². The molecular weight excluding hydrogens is 224 g/mol. The zero-order chi connectivity index (χ0) is 13.2. The lowest BCUT2D eigenvalue weighted by Crippen LogP contribution is -2.53. The molecule has 1 aliphatic heterocycles. The predicted molar refractivity (Wildman–Crippen MR) is 74.8 cm³/mol. The van der Waals surface area contributed by atoms with Crippen LogP contribution in [0.5, 0.6) is 0 Å². The number of hydrogen-bond acceptors (Lipinski definition) is 2. The number of nitrogens with zero attached hydrogens (tertiary/aromatic N) is 1. The van der Waals surface area contributed by atoms with Crippen molar-refractivity contribution in [3.63, 3.8) is 0 Å². The van der Waals surface area contributed by atoms with Gasteiger partial charge in [-0.2, -0.15) is 0 Å². The highest BCUT2D eigenvalue weighted by atomic mass is 16.2. The van der Waals surface area contributed by atoms with E-state index in [0.29, 0.717) is 0 Å². The molecule has 0 spiro atoms. The first kappa shape index (κ1) is 13.1. The average molecular weight is 246 g/mol. The molecule has 18 heavy (non-hydrogen) atoms. The van der Waals surface area contributed by atoms with Gasteiger partial charge in [0.05, 0.1) is 5.54 Å². The van der Waals surface area contributed by atoms with Crippen molar-refractivity contribution in [3.8, 4) is 0 Å². The highest BCUT2D eigenvalue weighted by Crippen LogP contribution is 2.27. The van der Waals surface area contributed by atoms with Crippen molar-refractivity contribution in [1.82, 2.24) is 5.32 Å². The molecular formula is C15H22N2O. The Labute approximate surface area is 109 Å². The smallest absolute Gasteiger partial charge is 0.247 e. The summed E-state index contributed by atoms with van der Waals surface area (Å²) < 4.78 is 0. The number of amides is 1. The fraction of sp³-hybridized carbons (Fsp3) is 0.533. The van der Waals surface area contributed by atoms with Crippen LogP contribution in [-0.4, -0.2) is 25.0 Å². The van der Waals surface area contributed by atoms with E-state index in [1.165, 1.54) is 5.56 Å². The van der Waals surface area contributed by atoms with Crippen LogP contribution in [0, 0.1) is 6.92 Å². The van der Waals surface area contributed by atoms with Crippen LogP contribution >= 0.6 is 0 Å². The van der Waals surface area contributed by atoms with Gasteiger partial charge in [0.25, 0.3) is 0 Å². The summed E-state index contributed by atoms with van der Waals surface area (Å²) in [6, 6.07) is 8.08. The summed E-state index contributed by atoms with van der Waals surface area (Å²) in [7, 11) is 1.87. The lowest BCUT2D eigenvalue weighted by molar-refractivity contribution is -0.124. The van der Waals surface area contributed by atoms with E-state index in [9.17, 15) is 4.79 Å². The normalized spacial score (nSPS) is 23.1. The van der Waals surface area contributed by atoms with E-state index in [0.717, 1.165) is 31.5 Å². The second-order valence-corrected chi connectivity index (χ2v) is 5.17. The first-order chi connectivity index (χ1) is 8.59. The Kier molecular flexibility index (Phi) is 3.71. The zero-order valence-corrected chi connectivity index (χ0v) is 11.5. The second-order valence-electron chi connectivity index (χ2n) is 5.17. The zero-order valence-electron chi connectivity index (χ0n) is 11.5. The largest absolute Gasteiger partial charge is 0.314 e. The molecule has 98 valence electrons. The van der Waals surface area contributed by atoms with Gasteiger partial charge in [-0.25, -0.2) is 0 Å². The molecule has 1 saturated heterocycles. The lowest BCUT2D eigenvalue weighted by Gasteiger charge is -2.32. The van der Waals surface area contributed by atoms with E-state index in [1.54, 1.807) is 4.90 Å². The van der Waals surface area contributed by atoms with Gasteiger partial charge in [-0.15, -0.1) is 0 Å². The minimum Gasteiger partial charge on any atom is -0.314 e. The number of nitrogens with one attached hydrogen (secondary N) is 1. The Hall–Kier alpha value is -1.35. The van der Waals surface area contributed by atoms with Crippen molar-refractivity contribution in [1.29, 1.82) is 0 Å². The predicted octanol–water partition coefficient (Wildman–Crippen LogP) is 2.49. The summed E-state index contributed by atoms with van der Waals surface area (Å²) in [6.45, 7) is 5.08. The third-order valence-corrected chi connectivity index (χ3v) is 3.95. The summed E-state index contributed by atoms with van der Waals surface area (Å²) in [6.07, 6.45) is 2.88. The summed E-state index contributed by atoms with van der Waals surface area (Å²) in [5, 5.41) is 3.39. The standard InChI is InChI=1S/C15H22N2O/c1-4-15(9-6-10-16-15)14(18)17(3)13-8-5-7-12(2)11-13/h5,7-8,11,16H,4,6,9-10H2,1-3H3. The molecule has 1 unspecified atom stereocenters. The number of carbonyl (C=O) groups is 1. The highest BCUT2D eigenvalue weighted by Gasteiger charge is 2.41. The maximum atomic E-state index is 12.7. The molecule has 1 amide bonds. The lowest BCUT2D eigenvalue weighted by atomic mass is 9.92. The molecule has 0 radical (unpaired) electrons. The summed E-state index contributed by atoms with van der Waals surface area (Å²) in [4.78, 5) is 14.5. The Morgan fingerprint density at radius 2 is 2.28 bits per heavy atom. The minimum atomic E-state index is -0.349. The topological polar surface area (TPSA) is 32.3 Å². The SMILES string of the molecule is CCC1(C(=O)N(C)c2cccc(C)c2)CCCN1. The second kappa shape index (κ2) is 5.11. The van der Waals surface area contributed by atoms with Gasteiger partial charge in [0, 0.05) is 12.7 Å². The number of hydrogen-bond donors (Lipinski definition) is 1. The maximum Gasteiger partial charge on any atom is 0.247 e. The molecule has 1 atom stereocenters. The Balaban J connectivity index is 2.23. The van der Waals surface area contributed by atoms with Crippen LogP contribution in [0.4, 0.5) is 5.69 Å². The molecule has 1 heterocycles. The fourth-order valence-electron chi connectivity index (χ4n) is 2.72. The van der Waals surface area contributed by atoms with Crippen LogP contribution in [-0.2, 0) is 4.79 Å². The molecule has 3 nitrogen and oxygen atoms in total. The summed E-state index contributed by atoms with van der Waals surface area (Å²) in [5.74, 6) is 0.188. The number of benzene rings is 1. The van der Waals surface area contributed by atoms with Crippen LogP contribution in [0.15, 0.2) is 24.3 Å². The Morgan fingerprint density at radius 1 is 1.50 bits per heavy atom. The van der Waals surface area contributed by atoms with Gasteiger partial charge >= 0.3 is 0 Å². The molecule has 1 fully saturated rings. The summed E-state index contributed by atoms with van der Waals surface area (Å²) in [5.41, 5.74) is 1.80. The third-order valence-electron chi connectivity index (χ3n) is 3.95. The maximum absolute atomic E-state index is 12.7. The van der Waals surface area contributed by atoms with Gasteiger partial charge < -0.3 is 10.2 Å². The van der Waals surface area contributed by atoms with E-state index in [2.05, 4.69) is 18.3 Å². The first-order valence-corrected chi connectivity index (χ1v) is 6.69. The van der Waals surface area contributed by atoms with Crippen molar-refractivity contribution in [2.24, 2.45) is 0 Å². The highest BCUT2D eigenvalue weighted by molar-refractivity contribution is 6.00. The van der Waals surface area contributed by atoms with Gasteiger partial charge in [-0.1, -0.05) is 19.1 Å². The molecule has 2 rings (SSSR count).